The van der Waals surface area contributed by atoms with Crippen LogP contribution in [0.1, 0.15) is 11.3 Å². The molecule has 6 nitrogen and oxygen atoms in total. The summed E-state index contributed by atoms with van der Waals surface area (Å²) < 4.78 is 5.53. The van der Waals surface area contributed by atoms with Crippen molar-refractivity contribution < 1.29 is 9.53 Å². The monoisotopic (exact) mass is 284 g/mol. The first-order valence-electron chi connectivity index (χ1n) is 6.81. The Hall–Kier alpha value is -2.63. The Kier molecular flexibility index (Phi) is 3.95. The smallest absolute Gasteiger partial charge is 0.318 e. The maximum absolute atomic E-state index is 12.0. The predicted octanol–water partition coefficient (Wildman–Crippen LogP) is 1.58. The first kappa shape index (κ1) is 13.4. The number of urea groups is 1. The SMILES string of the molecule is O=C(NCCOc1ccccc1)N1Cc2cncnc2C1. The van der Waals surface area contributed by atoms with Crippen LogP contribution < -0.4 is 10.1 Å². The van der Waals surface area contributed by atoms with Crippen LogP contribution in [0.4, 0.5) is 4.79 Å². The van der Waals surface area contributed by atoms with Gasteiger partial charge in [-0.3, -0.25) is 0 Å². The first-order valence-corrected chi connectivity index (χ1v) is 6.81. The molecule has 0 radical (unpaired) electrons. The molecule has 0 bridgehead atoms. The van der Waals surface area contributed by atoms with Gasteiger partial charge < -0.3 is 15.0 Å². The summed E-state index contributed by atoms with van der Waals surface area (Å²) in [6, 6.07) is 9.43. The molecule has 1 aliphatic heterocycles. The van der Waals surface area contributed by atoms with E-state index in [4.69, 9.17) is 4.74 Å². The van der Waals surface area contributed by atoms with Crippen molar-refractivity contribution in [3.05, 3.63) is 54.1 Å². The minimum absolute atomic E-state index is 0.107. The molecule has 2 aromatic rings. The molecule has 21 heavy (non-hydrogen) atoms. The number of para-hydroxylation sites is 1. The maximum Gasteiger partial charge on any atom is 0.318 e. The summed E-state index contributed by atoms with van der Waals surface area (Å²) in [6.07, 6.45) is 3.27. The summed E-state index contributed by atoms with van der Waals surface area (Å²) in [5, 5.41) is 2.84. The van der Waals surface area contributed by atoms with Crippen LogP contribution in [0.5, 0.6) is 5.75 Å². The third-order valence-corrected chi connectivity index (χ3v) is 3.26. The summed E-state index contributed by atoms with van der Waals surface area (Å²) >= 11 is 0. The largest absolute Gasteiger partial charge is 0.492 e. The van der Waals surface area contributed by atoms with Gasteiger partial charge >= 0.3 is 6.03 Å². The van der Waals surface area contributed by atoms with E-state index in [-0.39, 0.29) is 6.03 Å². The zero-order valence-electron chi connectivity index (χ0n) is 11.5. The number of amides is 2. The second-order valence-electron chi connectivity index (χ2n) is 4.74. The van der Waals surface area contributed by atoms with Gasteiger partial charge in [0.05, 0.1) is 25.3 Å². The molecule has 1 aromatic carbocycles. The number of ether oxygens (including phenoxy) is 1. The van der Waals surface area contributed by atoms with E-state index in [1.807, 2.05) is 30.3 Å². The van der Waals surface area contributed by atoms with Crippen molar-refractivity contribution in [2.75, 3.05) is 13.2 Å². The molecule has 3 rings (SSSR count). The minimum atomic E-state index is -0.107. The Balaban J connectivity index is 1.42. The van der Waals surface area contributed by atoms with Gasteiger partial charge in [0.15, 0.2) is 0 Å². The van der Waals surface area contributed by atoms with Crippen molar-refractivity contribution in [2.24, 2.45) is 0 Å². The van der Waals surface area contributed by atoms with E-state index in [0.717, 1.165) is 17.0 Å². The highest BCUT2D eigenvalue weighted by Crippen LogP contribution is 2.18. The number of hydrogen-bond donors (Lipinski definition) is 1. The fourth-order valence-corrected chi connectivity index (χ4v) is 2.20. The normalized spacial score (nSPS) is 12.9. The summed E-state index contributed by atoms with van der Waals surface area (Å²) in [4.78, 5) is 21.9. The van der Waals surface area contributed by atoms with Gasteiger partial charge in [0.25, 0.3) is 0 Å². The van der Waals surface area contributed by atoms with E-state index in [1.165, 1.54) is 6.33 Å². The predicted molar refractivity (Wildman–Crippen MR) is 76.6 cm³/mol. The molecule has 0 unspecified atom stereocenters. The molecule has 1 N–H and O–H groups in total. The number of carbonyl (C=O) groups is 1. The third kappa shape index (κ3) is 3.28. The molecule has 0 saturated carbocycles. The third-order valence-electron chi connectivity index (χ3n) is 3.26. The molecular weight excluding hydrogens is 268 g/mol. The van der Waals surface area contributed by atoms with E-state index in [1.54, 1.807) is 11.1 Å². The molecular formula is C15H16N4O2. The molecule has 6 heteroatoms. The van der Waals surface area contributed by atoms with Crippen molar-refractivity contribution in [3.63, 3.8) is 0 Å². The van der Waals surface area contributed by atoms with Crippen molar-refractivity contribution >= 4 is 6.03 Å². The molecule has 0 spiro atoms. The zero-order valence-corrected chi connectivity index (χ0v) is 11.5. The van der Waals surface area contributed by atoms with E-state index in [9.17, 15) is 4.79 Å². The molecule has 1 aliphatic rings. The van der Waals surface area contributed by atoms with Crippen LogP contribution in [0.25, 0.3) is 0 Å². The van der Waals surface area contributed by atoms with Gasteiger partial charge in [-0.05, 0) is 12.1 Å². The van der Waals surface area contributed by atoms with Gasteiger partial charge in [0.1, 0.15) is 18.7 Å². The number of fused-ring (bicyclic) bond motifs is 1. The van der Waals surface area contributed by atoms with Gasteiger partial charge in [-0.15, -0.1) is 0 Å². The number of carbonyl (C=O) groups excluding carboxylic acids is 1. The Bertz CT molecular complexity index is 593. The second-order valence-corrected chi connectivity index (χ2v) is 4.74. The van der Waals surface area contributed by atoms with Crippen LogP contribution in [-0.2, 0) is 13.1 Å². The van der Waals surface area contributed by atoms with E-state index < -0.39 is 0 Å². The van der Waals surface area contributed by atoms with Crippen molar-refractivity contribution in [1.82, 2.24) is 20.2 Å². The number of hydrogen-bond acceptors (Lipinski definition) is 4. The van der Waals surface area contributed by atoms with Crippen LogP contribution in [0, 0.1) is 0 Å². The lowest BCUT2D eigenvalue weighted by Crippen LogP contribution is -2.38. The average molecular weight is 284 g/mol. The number of benzene rings is 1. The lowest BCUT2D eigenvalue weighted by molar-refractivity contribution is 0.195. The van der Waals surface area contributed by atoms with Gasteiger partial charge in [-0.25, -0.2) is 14.8 Å². The molecule has 0 atom stereocenters. The number of nitrogens with zero attached hydrogens (tertiary/aromatic N) is 3. The van der Waals surface area contributed by atoms with E-state index in [0.29, 0.717) is 26.2 Å². The van der Waals surface area contributed by atoms with Crippen molar-refractivity contribution in [2.45, 2.75) is 13.1 Å². The Morgan fingerprint density at radius 2 is 2.14 bits per heavy atom. The number of nitrogens with one attached hydrogen (secondary N) is 1. The Morgan fingerprint density at radius 3 is 2.95 bits per heavy atom. The summed E-state index contributed by atoms with van der Waals surface area (Å²) in [5.74, 6) is 0.801. The number of rotatable bonds is 4. The van der Waals surface area contributed by atoms with Crippen LogP contribution in [0.2, 0.25) is 0 Å². The maximum atomic E-state index is 12.0. The van der Waals surface area contributed by atoms with Crippen molar-refractivity contribution in [3.8, 4) is 5.75 Å². The fourth-order valence-electron chi connectivity index (χ4n) is 2.20. The lowest BCUT2D eigenvalue weighted by Gasteiger charge is -2.16. The minimum Gasteiger partial charge on any atom is -0.492 e. The molecule has 0 aliphatic carbocycles. The fraction of sp³-hybridized carbons (Fsp3) is 0.267. The van der Waals surface area contributed by atoms with Crippen LogP contribution >= 0.6 is 0 Å². The second kappa shape index (κ2) is 6.21. The summed E-state index contributed by atoms with van der Waals surface area (Å²) in [6.45, 7) is 1.99. The van der Waals surface area contributed by atoms with Gasteiger partial charge in [0.2, 0.25) is 0 Å². The first-order chi connectivity index (χ1) is 10.3. The summed E-state index contributed by atoms with van der Waals surface area (Å²) in [7, 11) is 0. The Morgan fingerprint density at radius 1 is 1.29 bits per heavy atom. The zero-order chi connectivity index (χ0) is 14.5. The molecule has 0 fully saturated rings. The van der Waals surface area contributed by atoms with E-state index in [2.05, 4.69) is 15.3 Å². The molecule has 2 amide bonds. The standard InChI is InChI=1S/C15H16N4O2/c20-15(17-6-7-21-13-4-2-1-3-5-13)19-9-12-8-16-11-18-14(12)10-19/h1-5,8,11H,6-7,9-10H2,(H,17,20). The van der Waals surface area contributed by atoms with E-state index >= 15 is 0 Å². The van der Waals surface area contributed by atoms with Gasteiger partial charge in [-0.2, -0.15) is 0 Å². The van der Waals surface area contributed by atoms with Gasteiger partial charge in [0, 0.05) is 11.8 Å². The molecule has 2 heterocycles. The van der Waals surface area contributed by atoms with Gasteiger partial charge in [-0.1, -0.05) is 18.2 Å². The highest BCUT2D eigenvalue weighted by molar-refractivity contribution is 5.74. The van der Waals surface area contributed by atoms with Crippen LogP contribution in [0.15, 0.2) is 42.9 Å². The topological polar surface area (TPSA) is 67.3 Å². The highest BCUT2D eigenvalue weighted by Gasteiger charge is 2.23. The van der Waals surface area contributed by atoms with Crippen molar-refractivity contribution in [1.29, 1.82) is 0 Å². The number of aromatic nitrogens is 2. The quantitative estimate of drug-likeness (QED) is 0.866. The Labute approximate surface area is 122 Å². The van der Waals surface area contributed by atoms with Crippen LogP contribution in [-0.4, -0.2) is 34.1 Å². The highest BCUT2D eigenvalue weighted by atomic mass is 16.5. The van der Waals surface area contributed by atoms with Crippen LogP contribution in [0.3, 0.4) is 0 Å². The lowest BCUT2D eigenvalue weighted by atomic mass is 10.3. The average Bonchev–Trinajstić information content (AvgIpc) is 2.96. The molecule has 108 valence electrons. The molecule has 1 aromatic heterocycles. The summed E-state index contributed by atoms with van der Waals surface area (Å²) in [5.41, 5.74) is 1.92. The molecule has 0 saturated heterocycles.